The summed E-state index contributed by atoms with van der Waals surface area (Å²) in [7, 11) is 0. The molecule has 0 aliphatic heterocycles. The maximum Gasteiger partial charge on any atom is 0.145 e. The van der Waals surface area contributed by atoms with E-state index in [-0.39, 0.29) is 5.92 Å². The number of Topliss-reactive ketones (excluding diaryl/α,β-unsaturated/α-hetero) is 1. The van der Waals surface area contributed by atoms with Gasteiger partial charge in [-0.2, -0.15) is 0 Å². The van der Waals surface area contributed by atoms with E-state index in [4.69, 9.17) is 0 Å². The molecule has 0 amide bonds. The molecule has 1 aromatic rings. The number of hydrogen-bond acceptors (Lipinski definition) is 2. The summed E-state index contributed by atoms with van der Waals surface area (Å²) in [6.45, 7) is 2.01. The highest BCUT2D eigenvalue weighted by molar-refractivity contribution is 5.90. The summed E-state index contributed by atoms with van der Waals surface area (Å²) in [4.78, 5) is 16.7. The van der Waals surface area contributed by atoms with Crippen molar-refractivity contribution in [3.8, 4) is 0 Å². The molecule has 2 aliphatic rings. The number of carbonyl (C=O) groups is 1. The number of carbonyl (C=O) groups excluding carboxylic acids is 1. The predicted octanol–water partition coefficient (Wildman–Crippen LogP) is 3.19. The van der Waals surface area contributed by atoms with E-state index in [9.17, 15) is 4.79 Å². The van der Waals surface area contributed by atoms with Crippen molar-refractivity contribution >= 4 is 5.78 Å². The summed E-state index contributed by atoms with van der Waals surface area (Å²) in [5.41, 5.74) is 0.932. The van der Waals surface area contributed by atoms with Crippen molar-refractivity contribution in [2.24, 2.45) is 17.8 Å². The van der Waals surface area contributed by atoms with Crippen molar-refractivity contribution in [3.63, 3.8) is 0 Å². The van der Waals surface area contributed by atoms with Gasteiger partial charge in [0.25, 0.3) is 0 Å². The van der Waals surface area contributed by atoms with Crippen molar-refractivity contribution in [2.75, 3.05) is 0 Å². The molecule has 2 nitrogen and oxygen atoms in total. The molecule has 2 heteroatoms. The lowest BCUT2D eigenvalue weighted by molar-refractivity contribution is -0.122. The van der Waals surface area contributed by atoms with Crippen LogP contribution in [-0.2, 0) is 4.79 Å². The van der Waals surface area contributed by atoms with Crippen LogP contribution in [0.15, 0.2) is 24.4 Å². The third-order valence-electron chi connectivity index (χ3n) is 4.54. The van der Waals surface area contributed by atoms with Crippen LogP contribution in [0.2, 0.25) is 0 Å². The average Bonchev–Trinajstić information content (AvgIpc) is 3.12. The SMILES string of the molecule is CC(C(=O)C1C2CCCCC21)c1ccccn1. The Kier molecular flexibility index (Phi) is 2.73. The number of hydrogen-bond donors (Lipinski definition) is 0. The first-order valence-corrected chi connectivity index (χ1v) is 6.73. The van der Waals surface area contributed by atoms with E-state index in [1.54, 1.807) is 6.20 Å². The van der Waals surface area contributed by atoms with Gasteiger partial charge in [-0.05, 0) is 43.7 Å². The van der Waals surface area contributed by atoms with Crippen molar-refractivity contribution in [1.29, 1.82) is 0 Å². The molecule has 0 aromatic carbocycles. The second-order valence-corrected chi connectivity index (χ2v) is 5.52. The van der Waals surface area contributed by atoms with E-state index < -0.39 is 0 Å². The van der Waals surface area contributed by atoms with Crippen molar-refractivity contribution in [1.82, 2.24) is 4.98 Å². The standard InChI is InChI=1S/C15H19NO/c1-10(13-8-4-5-9-16-13)15(17)14-11-6-2-3-7-12(11)14/h4-5,8-12,14H,2-3,6-7H2,1H3. The second-order valence-electron chi connectivity index (χ2n) is 5.52. The molecule has 3 atom stereocenters. The highest BCUT2D eigenvalue weighted by Gasteiger charge is 2.55. The van der Waals surface area contributed by atoms with Gasteiger partial charge in [0, 0.05) is 12.1 Å². The third kappa shape index (κ3) is 1.90. The maximum atomic E-state index is 12.4. The maximum absolute atomic E-state index is 12.4. The topological polar surface area (TPSA) is 30.0 Å². The van der Waals surface area contributed by atoms with Crippen LogP contribution in [0, 0.1) is 17.8 Å². The highest BCUT2D eigenvalue weighted by Crippen LogP contribution is 2.57. The van der Waals surface area contributed by atoms with Gasteiger partial charge in [-0.15, -0.1) is 0 Å². The Morgan fingerprint density at radius 2 is 2.00 bits per heavy atom. The first kappa shape index (κ1) is 10.9. The third-order valence-corrected chi connectivity index (χ3v) is 4.54. The van der Waals surface area contributed by atoms with Gasteiger partial charge in [0.2, 0.25) is 0 Å². The minimum absolute atomic E-state index is 0.0215. The fourth-order valence-electron chi connectivity index (χ4n) is 3.48. The molecule has 0 bridgehead atoms. The van der Waals surface area contributed by atoms with Crippen LogP contribution in [-0.4, -0.2) is 10.8 Å². The first-order chi connectivity index (χ1) is 8.29. The van der Waals surface area contributed by atoms with Gasteiger partial charge >= 0.3 is 0 Å². The van der Waals surface area contributed by atoms with Gasteiger partial charge < -0.3 is 0 Å². The van der Waals surface area contributed by atoms with Crippen LogP contribution in [0.1, 0.15) is 44.2 Å². The van der Waals surface area contributed by atoms with E-state index in [0.29, 0.717) is 23.5 Å². The number of ketones is 1. The van der Waals surface area contributed by atoms with Gasteiger partial charge in [-0.25, -0.2) is 0 Å². The molecule has 1 heterocycles. The van der Waals surface area contributed by atoms with E-state index in [1.165, 1.54) is 25.7 Å². The lowest BCUT2D eigenvalue weighted by atomic mass is 9.96. The Morgan fingerprint density at radius 1 is 1.29 bits per heavy atom. The van der Waals surface area contributed by atoms with E-state index in [2.05, 4.69) is 4.98 Å². The molecule has 0 spiro atoms. The first-order valence-electron chi connectivity index (χ1n) is 6.73. The molecular weight excluding hydrogens is 210 g/mol. The normalized spacial score (nSPS) is 32.6. The summed E-state index contributed by atoms with van der Waals surface area (Å²) in [5.74, 6) is 2.19. The molecular formula is C15H19NO. The molecule has 2 saturated carbocycles. The summed E-state index contributed by atoms with van der Waals surface area (Å²) in [6.07, 6.45) is 6.97. The minimum Gasteiger partial charge on any atom is -0.299 e. The summed E-state index contributed by atoms with van der Waals surface area (Å²) >= 11 is 0. The second kappa shape index (κ2) is 4.25. The van der Waals surface area contributed by atoms with Gasteiger partial charge in [0.15, 0.2) is 0 Å². The van der Waals surface area contributed by atoms with Gasteiger partial charge in [0.05, 0.1) is 11.6 Å². The van der Waals surface area contributed by atoms with E-state index in [1.807, 2.05) is 25.1 Å². The Bertz CT molecular complexity index is 402. The molecule has 90 valence electrons. The molecule has 0 saturated heterocycles. The van der Waals surface area contributed by atoms with Crippen LogP contribution in [0.5, 0.6) is 0 Å². The average molecular weight is 229 g/mol. The lowest BCUT2D eigenvalue weighted by Gasteiger charge is -2.09. The van der Waals surface area contributed by atoms with Crippen LogP contribution in [0.3, 0.4) is 0 Å². The number of pyridine rings is 1. The molecule has 3 rings (SSSR count). The van der Waals surface area contributed by atoms with Crippen molar-refractivity contribution in [3.05, 3.63) is 30.1 Å². The summed E-state index contributed by atoms with van der Waals surface area (Å²) < 4.78 is 0. The molecule has 0 N–H and O–H groups in total. The largest absolute Gasteiger partial charge is 0.299 e. The van der Waals surface area contributed by atoms with Gasteiger partial charge in [0.1, 0.15) is 5.78 Å². The zero-order valence-electron chi connectivity index (χ0n) is 10.3. The zero-order valence-corrected chi connectivity index (χ0v) is 10.3. The molecule has 2 fully saturated rings. The highest BCUT2D eigenvalue weighted by atomic mass is 16.1. The van der Waals surface area contributed by atoms with Crippen LogP contribution < -0.4 is 0 Å². The summed E-state index contributed by atoms with van der Waals surface area (Å²) in [6, 6.07) is 5.83. The number of nitrogens with zero attached hydrogens (tertiary/aromatic N) is 1. The molecule has 2 aliphatic carbocycles. The molecule has 1 aromatic heterocycles. The van der Waals surface area contributed by atoms with Crippen molar-refractivity contribution < 1.29 is 4.79 Å². The van der Waals surface area contributed by atoms with Crippen molar-refractivity contribution in [2.45, 2.75) is 38.5 Å². The zero-order chi connectivity index (χ0) is 11.8. The quantitative estimate of drug-likeness (QED) is 0.796. The Morgan fingerprint density at radius 3 is 2.59 bits per heavy atom. The van der Waals surface area contributed by atoms with Crippen LogP contribution in [0.25, 0.3) is 0 Å². The Balaban J connectivity index is 1.71. The molecule has 0 radical (unpaired) electrons. The lowest BCUT2D eigenvalue weighted by Crippen LogP contribution is -2.14. The van der Waals surface area contributed by atoms with E-state index in [0.717, 1.165) is 5.69 Å². The fourth-order valence-corrected chi connectivity index (χ4v) is 3.48. The van der Waals surface area contributed by atoms with E-state index >= 15 is 0 Å². The number of fused-ring (bicyclic) bond motifs is 1. The Labute approximate surface area is 102 Å². The van der Waals surface area contributed by atoms with Gasteiger partial charge in [-0.1, -0.05) is 18.9 Å². The Hall–Kier alpha value is -1.18. The minimum atomic E-state index is -0.0215. The predicted molar refractivity (Wildman–Crippen MR) is 66.6 cm³/mol. The van der Waals surface area contributed by atoms with Gasteiger partial charge in [-0.3, -0.25) is 9.78 Å². The molecule has 3 unspecified atom stereocenters. The monoisotopic (exact) mass is 229 g/mol. The smallest absolute Gasteiger partial charge is 0.145 e. The number of rotatable bonds is 3. The summed E-state index contributed by atoms with van der Waals surface area (Å²) in [5, 5.41) is 0. The fraction of sp³-hybridized carbons (Fsp3) is 0.600. The van der Waals surface area contributed by atoms with Crippen LogP contribution in [0.4, 0.5) is 0 Å². The van der Waals surface area contributed by atoms with Crippen LogP contribution >= 0.6 is 0 Å². The molecule has 17 heavy (non-hydrogen) atoms. The number of aromatic nitrogens is 1.